The first-order valence-corrected chi connectivity index (χ1v) is 8.67. The predicted octanol–water partition coefficient (Wildman–Crippen LogP) is 3.81. The predicted molar refractivity (Wildman–Crippen MR) is 80.5 cm³/mol. The maximum Gasteiger partial charge on any atom is 0.263 e. The second-order valence-corrected chi connectivity index (χ2v) is 7.21. The Balaban J connectivity index is 2.66. The second-order valence-electron chi connectivity index (χ2n) is 4.38. The van der Waals surface area contributed by atoms with Crippen LogP contribution in [-0.4, -0.2) is 21.4 Å². The van der Waals surface area contributed by atoms with E-state index in [1.165, 1.54) is 0 Å². The van der Waals surface area contributed by atoms with Crippen LogP contribution >= 0.6 is 0 Å². The highest BCUT2D eigenvalue weighted by atomic mass is 28.3. The highest BCUT2D eigenvalue weighted by Crippen LogP contribution is 2.17. The molecular formula is C15H24O2Si. The lowest BCUT2D eigenvalue weighted by Crippen LogP contribution is -2.36. The zero-order chi connectivity index (χ0) is 13.4. The third-order valence-electron chi connectivity index (χ3n) is 2.93. The van der Waals surface area contributed by atoms with Gasteiger partial charge in [-0.15, -0.1) is 0 Å². The molecule has 0 saturated heterocycles. The highest BCUT2D eigenvalue weighted by molar-refractivity contribution is 6.54. The van der Waals surface area contributed by atoms with Crippen molar-refractivity contribution in [3.05, 3.63) is 36.4 Å². The van der Waals surface area contributed by atoms with Crippen molar-refractivity contribution in [3.8, 4) is 5.75 Å². The van der Waals surface area contributed by atoms with E-state index in [1.54, 1.807) is 0 Å². The molecule has 2 atom stereocenters. The van der Waals surface area contributed by atoms with E-state index in [4.69, 9.17) is 9.16 Å². The van der Waals surface area contributed by atoms with Crippen LogP contribution in [0.4, 0.5) is 0 Å². The largest absolute Gasteiger partial charge is 0.544 e. The average Bonchev–Trinajstić information content (AvgIpc) is 2.39. The molecule has 2 unspecified atom stereocenters. The van der Waals surface area contributed by atoms with E-state index < -0.39 is 9.04 Å². The minimum Gasteiger partial charge on any atom is -0.544 e. The van der Waals surface area contributed by atoms with E-state index in [0.717, 1.165) is 30.4 Å². The van der Waals surface area contributed by atoms with Crippen molar-refractivity contribution in [1.29, 1.82) is 0 Å². The van der Waals surface area contributed by atoms with Crippen molar-refractivity contribution in [2.75, 3.05) is 6.61 Å². The molecular weight excluding hydrogens is 240 g/mol. The average molecular weight is 264 g/mol. The molecule has 0 N–H and O–H groups in total. The van der Waals surface area contributed by atoms with E-state index >= 15 is 0 Å². The topological polar surface area (TPSA) is 18.5 Å². The van der Waals surface area contributed by atoms with Gasteiger partial charge < -0.3 is 9.16 Å². The molecule has 0 heterocycles. The molecule has 0 radical (unpaired) electrons. The molecule has 1 aromatic carbocycles. The lowest BCUT2D eigenvalue weighted by Gasteiger charge is -2.23. The lowest BCUT2D eigenvalue weighted by molar-refractivity contribution is 0.118. The fourth-order valence-corrected chi connectivity index (χ4v) is 4.16. The van der Waals surface area contributed by atoms with E-state index in [2.05, 4.69) is 20.4 Å². The number of hydrogen-bond donors (Lipinski definition) is 0. The van der Waals surface area contributed by atoms with Gasteiger partial charge in [-0.3, -0.25) is 0 Å². The number of benzene rings is 1. The van der Waals surface area contributed by atoms with Crippen molar-refractivity contribution >= 4 is 15.1 Å². The van der Waals surface area contributed by atoms with Crippen LogP contribution in [0.15, 0.2) is 30.8 Å². The molecule has 1 aromatic rings. The van der Waals surface area contributed by atoms with Crippen LogP contribution in [0.5, 0.6) is 5.75 Å². The van der Waals surface area contributed by atoms with Gasteiger partial charge in [0.25, 0.3) is 9.04 Å². The molecule has 1 rings (SSSR count). The molecule has 0 aliphatic heterocycles. The number of hydrogen-bond acceptors (Lipinski definition) is 2. The van der Waals surface area contributed by atoms with Crippen LogP contribution in [0.2, 0.25) is 6.04 Å². The highest BCUT2D eigenvalue weighted by Gasteiger charge is 2.21. The first-order chi connectivity index (χ1) is 8.71. The summed E-state index contributed by atoms with van der Waals surface area (Å²) < 4.78 is 11.8. The summed E-state index contributed by atoms with van der Waals surface area (Å²) in [4.78, 5) is 0. The first kappa shape index (κ1) is 15.0. The van der Waals surface area contributed by atoms with E-state index in [9.17, 15) is 0 Å². The summed E-state index contributed by atoms with van der Waals surface area (Å²) >= 11 is 0. The molecule has 2 nitrogen and oxygen atoms in total. The zero-order valence-electron chi connectivity index (χ0n) is 11.7. The van der Waals surface area contributed by atoms with Gasteiger partial charge in [-0.05, 0) is 37.6 Å². The normalized spacial score (nSPS) is 13.9. The first-order valence-electron chi connectivity index (χ1n) is 6.72. The van der Waals surface area contributed by atoms with Crippen LogP contribution in [0, 0.1) is 0 Å². The van der Waals surface area contributed by atoms with E-state index in [-0.39, 0.29) is 5.73 Å². The summed E-state index contributed by atoms with van der Waals surface area (Å²) in [5.74, 6) is 0.956. The molecule has 18 heavy (non-hydrogen) atoms. The van der Waals surface area contributed by atoms with Gasteiger partial charge in [0.15, 0.2) is 0 Å². The third kappa shape index (κ3) is 4.67. The minimum atomic E-state index is -1.34. The van der Waals surface area contributed by atoms with Crippen molar-refractivity contribution in [2.24, 2.45) is 0 Å². The Morgan fingerprint density at radius 2 is 1.94 bits per heavy atom. The van der Waals surface area contributed by atoms with Crippen LogP contribution in [0.25, 0.3) is 6.08 Å². The number of rotatable bonds is 8. The Kier molecular flexibility index (Phi) is 6.76. The Bertz CT molecular complexity index is 348. The summed E-state index contributed by atoms with van der Waals surface area (Å²) in [7, 11) is -1.34. The quantitative estimate of drug-likeness (QED) is 0.665. The molecule has 0 aliphatic carbocycles. The lowest BCUT2D eigenvalue weighted by atomic mass is 10.2. The van der Waals surface area contributed by atoms with Gasteiger partial charge in [0, 0.05) is 6.61 Å². The van der Waals surface area contributed by atoms with Gasteiger partial charge in [-0.1, -0.05) is 38.1 Å². The second kappa shape index (κ2) is 8.11. The molecule has 0 saturated carbocycles. The maximum absolute atomic E-state index is 6.15. The maximum atomic E-state index is 6.15. The molecule has 0 amide bonds. The molecule has 0 bridgehead atoms. The van der Waals surface area contributed by atoms with Gasteiger partial charge in [0.1, 0.15) is 5.75 Å². The van der Waals surface area contributed by atoms with Crippen molar-refractivity contribution in [2.45, 2.75) is 39.0 Å². The summed E-state index contributed by atoms with van der Waals surface area (Å²) in [6, 6.07) is 9.25. The van der Waals surface area contributed by atoms with E-state index in [0.29, 0.717) is 0 Å². The Morgan fingerprint density at radius 1 is 1.28 bits per heavy atom. The summed E-state index contributed by atoms with van der Waals surface area (Å²) in [5.41, 5.74) is 1.38. The monoisotopic (exact) mass is 264 g/mol. The van der Waals surface area contributed by atoms with Gasteiger partial charge >= 0.3 is 0 Å². The Labute approximate surface area is 112 Å². The zero-order valence-corrected chi connectivity index (χ0v) is 12.8. The summed E-state index contributed by atoms with van der Waals surface area (Å²) in [6.07, 6.45) is 2.99. The van der Waals surface area contributed by atoms with E-state index in [1.807, 2.05) is 37.3 Å². The SMILES string of the molecule is C=Cc1ccc(O[SiH](CCC)C(C)OCC)cc1. The smallest absolute Gasteiger partial charge is 0.263 e. The third-order valence-corrected chi connectivity index (χ3v) is 5.89. The molecule has 3 heteroatoms. The van der Waals surface area contributed by atoms with Crippen molar-refractivity contribution in [3.63, 3.8) is 0 Å². The summed E-state index contributed by atoms with van der Waals surface area (Å²) in [5, 5.41) is 0. The van der Waals surface area contributed by atoms with Crippen LogP contribution in [0.3, 0.4) is 0 Å². The fourth-order valence-electron chi connectivity index (χ4n) is 1.90. The van der Waals surface area contributed by atoms with Gasteiger partial charge in [0.05, 0.1) is 5.73 Å². The molecule has 0 fully saturated rings. The Morgan fingerprint density at radius 3 is 2.44 bits per heavy atom. The fraction of sp³-hybridized carbons (Fsp3) is 0.467. The van der Waals surface area contributed by atoms with Gasteiger partial charge in [-0.25, -0.2) is 0 Å². The van der Waals surface area contributed by atoms with Crippen LogP contribution < -0.4 is 4.43 Å². The molecule has 100 valence electrons. The molecule has 0 aromatic heterocycles. The van der Waals surface area contributed by atoms with Gasteiger partial charge in [-0.2, -0.15) is 0 Å². The van der Waals surface area contributed by atoms with Crippen LogP contribution in [0.1, 0.15) is 32.8 Å². The number of ether oxygens (including phenoxy) is 1. The standard InChI is InChI=1S/C15H24O2Si/c1-5-12-18(13(4)16-7-3)17-15-10-8-14(6-2)9-11-15/h6,8-11,13,18H,2,5,7,12H2,1,3-4H3. The molecule has 0 aliphatic rings. The van der Waals surface area contributed by atoms with Crippen molar-refractivity contribution < 1.29 is 9.16 Å². The Hall–Kier alpha value is -1.06. The minimum absolute atomic E-state index is 0.258. The van der Waals surface area contributed by atoms with Gasteiger partial charge in [0.2, 0.25) is 0 Å². The molecule has 0 spiro atoms. The summed E-state index contributed by atoms with van der Waals surface area (Å²) in [6.45, 7) is 10.9. The van der Waals surface area contributed by atoms with Crippen molar-refractivity contribution in [1.82, 2.24) is 0 Å². The van der Waals surface area contributed by atoms with Crippen LogP contribution in [-0.2, 0) is 4.74 Å².